The van der Waals surface area contributed by atoms with Gasteiger partial charge in [0.1, 0.15) is 11.6 Å². The highest BCUT2D eigenvalue weighted by Gasteiger charge is 2.35. The van der Waals surface area contributed by atoms with E-state index in [0.29, 0.717) is 35.0 Å². The molecule has 3 rings (SSSR count). The third kappa shape index (κ3) is 4.39. The number of rotatable bonds is 6. The molecule has 0 aromatic heterocycles. The highest BCUT2D eigenvalue weighted by atomic mass is 35.5. The molecule has 2 amide bonds. The van der Waals surface area contributed by atoms with Crippen LogP contribution < -0.4 is 15.0 Å². The number of hydrogen-bond donors (Lipinski definition) is 1. The molecule has 1 atom stereocenters. The van der Waals surface area contributed by atoms with E-state index in [1.807, 2.05) is 0 Å². The number of amides is 2. The van der Waals surface area contributed by atoms with Crippen LogP contribution in [0.1, 0.15) is 12.0 Å². The summed E-state index contributed by atoms with van der Waals surface area (Å²) in [4.78, 5) is 26.2. The van der Waals surface area contributed by atoms with Gasteiger partial charge in [0.05, 0.1) is 18.1 Å². The topological polar surface area (TPSA) is 58.6 Å². The summed E-state index contributed by atoms with van der Waals surface area (Å²) in [6.45, 7) is 0.603. The normalized spacial score (nSPS) is 16.5. The van der Waals surface area contributed by atoms with Crippen molar-refractivity contribution in [1.82, 2.24) is 5.32 Å². The monoisotopic (exact) mass is 390 g/mol. The van der Waals surface area contributed by atoms with Crippen LogP contribution in [0.5, 0.6) is 5.75 Å². The molecule has 1 saturated heterocycles. The lowest BCUT2D eigenvalue weighted by Crippen LogP contribution is -2.34. The molecule has 1 aliphatic rings. The zero-order chi connectivity index (χ0) is 19.4. The van der Waals surface area contributed by atoms with E-state index in [1.165, 1.54) is 13.2 Å². The first-order valence-corrected chi connectivity index (χ1v) is 9.02. The highest BCUT2D eigenvalue weighted by Crippen LogP contribution is 2.32. The van der Waals surface area contributed by atoms with Crippen LogP contribution in [-0.2, 0) is 16.0 Å². The standard InChI is InChI=1S/C20H20ClFN2O3/c1-27-18-7-6-15(11-16(18)21)24-12-14(10-19(24)25)20(26)23-9-8-13-4-2-3-5-17(13)22/h2-7,11,14H,8-10,12H2,1H3,(H,23,26). The van der Waals surface area contributed by atoms with Crippen LogP contribution >= 0.6 is 11.6 Å². The van der Waals surface area contributed by atoms with Gasteiger partial charge < -0.3 is 15.0 Å². The molecule has 0 saturated carbocycles. The molecular weight excluding hydrogens is 371 g/mol. The molecule has 142 valence electrons. The van der Waals surface area contributed by atoms with Crippen molar-refractivity contribution in [3.05, 3.63) is 58.9 Å². The third-order valence-electron chi connectivity index (χ3n) is 4.59. The predicted molar refractivity (Wildman–Crippen MR) is 102 cm³/mol. The second-order valence-electron chi connectivity index (χ2n) is 6.36. The number of anilines is 1. The quantitative estimate of drug-likeness (QED) is 0.824. The van der Waals surface area contributed by atoms with Gasteiger partial charge in [0.2, 0.25) is 11.8 Å². The van der Waals surface area contributed by atoms with Crippen molar-refractivity contribution in [1.29, 1.82) is 0 Å². The lowest BCUT2D eigenvalue weighted by Gasteiger charge is -2.18. The van der Waals surface area contributed by atoms with Gasteiger partial charge in [-0.3, -0.25) is 9.59 Å². The van der Waals surface area contributed by atoms with Crippen molar-refractivity contribution >= 4 is 29.1 Å². The Labute approximate surface area is 162 Å². The predicted octanol–water partition coefficient (Wildman–Crippen LogP) is 3.20. The largest absolute Gasteiger partial charge is 0.495 e. The maximum absolute atomic E-state index is 13.6. The molecule has 1 unspecified atom stereocenters. The molecule has 1 heterocycles. The lowest BCUT2D eigenvalue weighted by molar-refractivity contribution is -0.126. The van der Waals surface area contributed by atoms with E-state index >= 15 is 0 Å². The fraction of sp³-hybridized carbons (Fsp3) is 0.300. The van der Waals surface area contributed by atoms with Crippen LogP contribution in [0.15, 0.2) is 42.5 Å². The molecule has 2 aromatic rings. The zero-order valence-corrected chi connectivity index (χ0v) is 15.6. The summed E-state index contributed by atoms with van der Waals surface area (Å²) in [6.07, 6.45) is 0.534. The average Bonchev–Trinajstić information content (AvgIpc) is 3.05. The first kappa shape index (κ1) is 19.2. The molecule has 1 fully saturated rings. The minimum Gasteiger partial charge on any atom is -0.495 e. The Kier molecular flexibility index (Phi) is 5.96. The van der Waals surface area contributed by atoms with Crippen LogP contribution in [0.3, 0.4) is 0 Å². The van der Waals surface area contributed by atoms with Gasteiger partial charge in [-0.15, -0.1) is 0 Å². The lowest BCUT2D eigenvalue weighted by atomic mass is 10.1. The van der Waals surface area contributed by atoms with Gasteiger partial charge in [-0.2, -0.15) is 0 Å². The molecule has 0 spiro atoms. The van der Waals surface area contributed by atoms with E-state index in [1.54, 1.807) is 41.3 Å². The summed E-state index contributed by atoms with van der Waals surface area (Å²) < 4.78 is 18.7. The smallest absolute Gasteiger partial charge is 0.227 e. The Morgan fingerprint density at radius 3 is 2.81 bits per heavy atom. The van der Waals surface area contributed by atoms with Gasteiger partial charge in [-0.05, 0) is 36.2 Å². The first-order valence-electron chi connectivity index (χ1n) is 8.64. The van der Waals surface area contributed by atoms with Crippen molar-refractivity contribution < 1.29 is 18.7 Å². The Hall–Kier alpha value is -2.60. The minimum absolute atomic E-state index is 0.134. The van der Waals surface area contributed by atoms with Crippen molar-refractivity contribution in [2.24, 2.45) is 5.92 Å². The molecule has 1 aliphatic heterocycles. The fourth-order valence-corrected chi connectivity index (χ4v) is 3.37. The average molecular weight is 391 g/mol. The molecule has 1 N–H and O–H groups in total. The van der Waals surface area contributed by atoms with Crippen molar-refractivity contribution in [2.45, 2.75) is 12.8 Å². The number of nitrogens with one attached hydrogen (secondary N) is 1. The molecule has 0 bridgehead atoms. The summed E-state index contributed by atoms with van der Waals surface area (Å²) in [5.41, 5.74) is 1.18. The SMILES string of the molecule is COc1ccc(N2CC(C(=O)NCCc3ccccc3F)CC2=O)cc1Cl. The second-order valence-corrected chi connectivity index (χ2v) is 6.76. The van der Waals surface area contributed by atoms with Crippen molar-refractivity contribution in [2.75, 3.05) is 25.1 Å². The number of nitrogens with zero attached hydrogens (tertiary/aromatic N) is 1. The van der Waals surface area contributed by atoms with Gasteiger partial charge >= 0.3 is 0 Å². The molecule has 27 heavy (non-hydrogen) atoms. The van der Waals surface area contributed by atoms with Crippen molar-refractivity contribution in [3.8, 4) is 5.75 Å². The molecule has 0 radical (unpaired) electrons. The molecular formula is C20H20ClFN2O3. The molecule has 0 aliphatic carbocycles. The van der Waals surface area contributed by atoms with Crippen molar-refractivity contribution in [3.63, 3.8) is 0 Å². The Balaban J connectivity index is 1.57. The zero-order valence-electron chi connectivity index (χ0n) is 14.9. The molecule has 7 heteroatoms. The number of halogens is 2. The van der Waals surface area contributed by atoms with E-state index in [-0.39, 0.29) is 30.6 Å². The minimum atomic E-state index is -0.445. The van der Waals surface area contributed by atoms with E-state index in [9.17, 15) is 14.0 Å². The van der Waals surface area contributed by atoms with E-state index in [4.69, 9.17) is 16.3 Å². The van der Waals surface area contributed by atoms with Crippen LogP contribution in [0.2, 0.25) is 5.02 Å². The van der Waals surface area contributed by atoms with Crippen LogP contribution in [0, 0.1) is 11.7 Å². The maximum atomic E-state index is 13.6. The van der Waals surface area contributed by atoms with E-state index in [0.717, 1.165) is 0 Å². The number of ether oxygens (including phenoxy) is 1. The number of carbonyl (C=O) groups excluding carboxylic acids is 2. The number of benzene rings is 2. The Morgan fingerprint density at radius 1 is 1.33 bits per heavy atom. The van der Waals surface area contributed by atoms with Gasteiger partial charge in [0.15, 0.2) is 0 Å². The highest BCUT2D eigenvalue weighted by molar-refractivity contribution is 6.32. The van der Waals surface area contributed by atoms with Crippen LogP contribution in [0.25, 0.3) is 0 Å². The second kappa shape index (κ2) is 8.39. The van der Waals surface area contributed by atoms with Gasteiger partial charge in [-0.1, -0.05) is 29.8 Å². The van der Waals surface area contributed by atoms with E-state index < -0.39 is 5.92 Å². The summed E-state index contributed by atoms with van der Waals surface area (Å²) in [5, 5.41) is 3.20. The first-order chi connectivity index (χ1) is 13.0. The molecule has 5 nitrogen and oxygen atoms in total. The summed E-state index contributed by atoms with van der Waals surface area (Å²) >= 11 is 6.12. The summed E-state index contributed by atoms with van der Waals surface area (Å²) in [5.74, 6) is -0.550. The van der Waals surface area contributed by atoms with E-state index in [2.05, 4.69) is 5.32 Å². The summed E-state index contributed by atoms with van der Waals surface area (Å²) in [6, 6.07) is 11.5. The Bertz CT molecular complexity index is 859. The maximum Gasteiger partial charge on any atom is 0.227 e. The Morgan fingerprint density at radius 2 is 2.11 bits per heavy atom. The van der Waals surface area contributed by atoms with Gasteiger partial charge in [0, 0.05) is 25.2 Å². The fourth-order valence-electron chi connectivity index (χ4n) is 3.12. The van der Waals surface area contributed by atoms with Crippen LogP contribution in [-0.4, -0.2) is 32.0 Å². The molecule has 2 aromatic carbocycles. The van der Waals surface area contributed by atoms with Gasteiger partial charge in [-0.25, -0.2) is 4.39 Å². The number of carbonyl (C=O) groups is 2. The third-order valence-corrected chi connectivity index (χ3v) is 4.89. The van der Waals surface area contributed by atoms with Crippen LogP contribution in [0.4, 0.5) is 10.1 Å². The summed E-state index contributed by atoms with van der Waals surface area (Å²) in [7, 11) is 1.52. The number of methoxy groups -OCH3 is 1. The van der Waals surface area contributed by atoms with Gasteiger partial charge in [0.25, 0.3) is 0 Å². The number of hydrogen-bond acceptors (Lipinski definition) is 3.